The Hall–Kier alpha value is -3.51. The van der Waals surface area contributed by atoms with Crippen LogP contribution in [0.4, 0.5) is 0 Å². The van der Waals surface area contributed by atoms with Crippen LogP contribution in [-0.2, 0) is 0 Å². The van der Waals surface area contributed by atoms with Crippen molar-refractivity contribution in [1.29, 1.82) is 0 Å². The summed E-state index contributed by atoms with van der Waals surface area (Å²) in [5.41, 5.74) is 3.20. The molecule has 0 aliphatic rings. The van der Waals surface area contributed by atoms with Gasteiger partial charge >= 0.3 is 0 Å². The number of fused-ring (bicyclic) bond motifs is 1. The maximum absolute atomic E-state index is 12.4. The SMILES string of the molecule is COc1cccc(C=CC(=O)c2ccc(OCCCSc3nc4ccccc4o3)cc2)c1. The number of rotatable bonds is 10. The fourth-order valence-electron chi connectivity index (χ4n) is 3.05. The Morgan fingerprint density at radius 1 is 1.03 bits per heavy atom. The van der Waals surface area contributed by atoms with E-state index >= 15 is 0 Å². The summed E-state index contributed by atoms with van der Waals surface area (Å²) in [7, 11) is 1.62. The van der Waals surface area contributed by atoms with Gasteiger partial charge in [-0.1, -0.05) is 42.1 Å². The number of carbonyl (C=O) groups is 1. The lowest BCUT2D eigenvalue weighted by Crippen LogP contribution is -2.00. The first-order valence-corrected chi connectivity index (χ1v) is 11.3. The van der Waals surface area contributed by atoms with Gasteiger partial charge in [0, 0.05) is 11.3 Å². The van der Waals surface area contributed by atoms with Gasteiger partial charge in [-0.15, -0.1) is 0 Å². The summed E-state index contributed by atoms with van der Waals surface area (Å²) in [5, 5.41) is 0.677. The van der Waals surface area contributed by atoms with Crippen LogP contribution in [0, 0.1) is 0 Å². The molecule has 0 N–H and O–H groups in total. The molecule has 0 aliphatic heterocycles. The fourth-order valence-corrected chi connectivity index (χ4v) is 3.80. The highest BCUT2D eigenvalue weighted by Gasteiger charge is 2.06. The van der Waals surface area contributed by atoms with E-state index in [2.05, 4.69) is 4.98 Å². The Morgan fingerprint density at radius 2 is 1.88 bits per heavy atom. The predicted octanol–water partition coefficient (Wildman–Crippen LogP) is 6.29. The molecule has 0 spiro atoms. The molecule has 3 aromatic carbocycles. The van der Waals surface area contributed by atoms with Crippen LogP contribution in [-0.4, -0.2) is 30.2 Å². The Labute approximate surface area is 191 Å². The lowest BCUT2D eigenvalue weighted by molar-refractivity contribution is 0.104. The number of carbonyl (C=O) groups excluding carboxylic acids is 1. The third kappa shape index (κ3) is 5.80. The smallest absolute Gasteiger partial charge is 0.256 e. The molecular formula is C26H23NO4S. The maximum atomic E-state index is 12.4. The molecule has 0 fully saturated rings. The number of thioether (sulfide) groups is 1. The molecule has 0 saturated heterocycles. The molecule has 0 bridgehead atoms. The minimum absolute atomic E-state index is 0.0610. The van der Waals surface area contributed by atoms with Gasteiger partial charge in [-0.25, -0.2) is 4.98 Å². The van der Waals surface area contributed by atoms with Crippen LogP contribution < -0.4 is 9.47 Å². The number of methoxy groups -OCH3 is 1. The third-order valence-electron chi connectivity index (χ3n) is 4.72. The Bertz CT molecular complexity index is 1180. The Morgan fingerprint density at radius 3 is 2.69 bits per heavy atom. The van der Waals surface area contributed by atoms with Crippen molar-refractivity contribution in [3.05, 3.63) is 90.0 Å². The van der Waals surface area contributed by atoms with Crippen LogP contribution in [0.1, 0.15) is 22.3 Å². The highest BCUT2D eigenvalue weighted by atomic mass is 32.2. The van der Waals surface area contributed by atoms with E-state index in [0.29, 0.717) is 17.4 Å². The zero-order valence-corrected chi connectivity index (χ0v) is 18.5. The molecule has 4 rings (SSSR count). The molecule has 4 aromatic rings. The lowest BCUT2D eigenvalue weighted by Gasteiger charge is -2.06. The molecule has 1 heterocycles. The first kappa shape index (κ1) is 21.7. The summed E-state index contributed by atoms with van der Waals surface area (Å²) < 4.78 is 16.7. The number of benzene rings is 3. The van der Waals surface area contributed by atoms with Crippen LogP contribution in [0.15, 0.2) is 88.5 Å². The summed E-state index contributed by atoms with van der Waals surface area (Å²) in [4.78, 5) is 16.9. The summed E-state index contributed by atoms with van der Waals surface area (Å²) in [5.74, 6) is 2.28. The molecule has 0 aliphatic carbocycles. The monoisotopic (exact) mass is 445 g/mol. The van der Waals surface area contributed by atoms with Crippen molar-refractivity contribution in [3.8, 4) is 11.5 Å². The van der Waals surface area contributed by atoms with Crippen molar-refractivity contribution in [2.24, 2.45) is 0 Å². The van der Waals surface area contributed by atoms with Gasteiger partial charge in [0.2, 0.25) is 0 Å². The zero-order chi connectivity index (χ0) is 22.2. The van der Waals surface area contributed by atoms with Crippen LogP contribution in [0.25, 0.3) is 17.2 Å². The molecule has 162 valence electrons. The minimum atomic E-state index is -0.0610. The second-order valence-corrected chi connectivity index (χ2v) is 8.04. The number of ketones is 1. The highest BCUT2D eigenvalue weighted by Crippen LogP contribution is 2.23. The molecule has 0 atom stereocenters. The number of allylic oxidation sites excluding steroid dienone is 1. The average molecular weight is 446 g/mol. The zero-order valence-electron chi connectivity index (χ0n) is 17.7. The van der Waals surface area contributed by atoms with E-state index in [1.807, 2.05) is 60.7 Å². The van der Waals surface area contributed by atoms with Gasteiger partial charge in [-0.3, -0.25) is 4.79 Å². The topological polar surface area (TPSA) is 61.6 Å². The highest BCUT2D eigenvalue weighted by molar-refractivity contribution is 7.99. The van der Waals surface area contributed by atoms with Gasteiger partial charge in [0.15, 0.2) is 11.4 Å². The van der Waals surface area contributed by atoms with E-state index in [-0.39, 0.29) is 5.78 Å². The Kier molecular flexibility index (Phi) is 7.25. The molecule has 0 saturated carbocycles. The predicted molar refractivity (Wildman–Crippen MR) is 128 cm³/mol. The molecule has 0 radical (unpaired) electrons. The molecule has 32 heavy (non-hydrogen) atoms. The van der Waals surface area contributed by atoms with Crippen molar-refractivity contribution in [1.82, 2.24) is 4.98 Å². The van der Waals surface area contributed by atoms with E-state index in [1.54, 1.807) is 43.2 Å². The number of ether oxygens (including phenoxy) is 2. The number of para-hydroxylation sites is 2. The summed E-state index contributed by atoms with van der Waals surface area (Å²) >= 11 is 1.58. The normalized spacial score (nSPS) is 11.2. The van der Waals surface area contributed by atoms with Gasteiger partial charge in [0.1, 0.15) is 17.0 Å². The van der Waals surface area contributed by atoms with Crippen molar-refractivity contribution in [2.45, 2.75) is 11.6 Å². The molecule has 5 nitrogen and oxygen atoms in total. The molecule has 1 aromatic heterocycles. The summed E-state index contributed by atoms with van der Waals surface area (Å²) in [6.45, 7) is 0.580. The fraction of sp³-hybridized carbons (Fsp3) is 0.154. The van der Waals surface area contributed by atoms with Crippen LogP contribution >= 0.6 is 11.8 Å². The van der Waals surface area contributed by atoms with E-state index in [4.69, 9.17) is 13.9 Å². The standard InChI is InChI=1S/C26H23NO4S/c1-29-22-7-4-6-19(18-22)10-15-24(28)20-11-13-21(14-12-20)30-16-5-17-32-26-27-23-8-2-3-9-25(23)31-26/h2-4,6-15,18H,5,16-17H2,1H3. The first-order valence-electron chi connectivity index (χ1n) is 10.3. The Balaban J connectivity index is 1.21. The van der Waals surface area contributed by atoms with Gasteiger partial charge in [-0.2, -0.15) is 0 Å². The second-order valence-electron chi connectivity index (χ2n) is 7.00. The van der Waals surface area contributed by atoms with Crippen LogP contribution in [0.3, 0.4) is 0 Å². The summed E-state index contributed by atoms with van der Waals surface area (Å²) in [6, 6.07) is 22.5. The quantitative estimate of drug-likeness (QED) is 0.124. The van der Waals surface area contributed by atoms with E-state index in [0.717, 1.165) is 40.3 Å². The lowest BCUT2D eigenvalue weighted by atomic mass is 10.1. The van der Waals surface area contributed by atoms with Crippen LogP contribution in [0.5, 0.6) is 11.5 Å². The molecule has 0 amide bonds. The largest absolute Gasteiger partial charge is 0.497 e. The minimum Gasteiger partial charge on any atom is -0.497 e. The van der Waals surface area contributed by atoms with Crippen molar-refractivity contribution in [2.75, 3.05) is 19.5 Å². The molecular weight excluding hydrogens is 422 g/mol. The van der Waals surface area contributed by atoms with E-state index < -0.39 is 0 Å². The van der Waals surface area contributed by atoms with Gasteiger partial charge in [-0.05, 0) is 66.6 Å². The number of aromatic nitrogens is 1. The van der Waals surface area contributed by atoms with Crippen LogP contribution in [0.2, 0.25) is 0 Å². The van der Waals surface area contributed by atoms with Crippen molar-refractivity contribution >= 4 is 34.7 Å². The first-order chi connectivity index (χ1) is 15.7. The number of hydrogen-bond acceptors (Lipinski definition) is 6. The van der Waals surface area contributed by atoms with Crippen molar-refractivity contribution in [3.63, 3.8) is 0 Å². The van der Waals surface area contributed by atoms with Crippen molar-refractivity contribution < 1.29 is 18.7 Å². The van der Waals surface area contributed by atoms with E-state index in [1.165, 1.54) is 0 Å². The number of oxazole rings is 1. The van der Waals surface area contributed by atoms with Gasteiger partial charge in [0.05, 0.1) is 13.7 Å². The van der Waals surface area contributed by atoms with Gasteiger partial charge in [0.25, 0.3) is 5.22 Å². The second kappa shape index (κ2) is 10.7. The maximum Gasteiger partial charge on any atom is 0.256 e. The molecule has 6 heteroatoms. The third-order valence-corrected chi connectivity index (χ3v) is 5.63. The number of nitrogens with zero attached hydrogens (tertiary/aromatic N) is 1. The van der Waals surface area contributed by atoms with Gasteiger partial charge < -0.3 is 13.9 Å². The summed E-state index contributed by atoms with van der Waals surface area (Å²) in [6.07, 6.45) is 4.20. The number of hydrogen-bond donors (Lipinski definition) is 0. The molecule has 0 unspecified atom stereocenters. The average Bonchev–Trinajstić information content (AvgIpc) is 3.26. The van der Waals surface area contributed by atoms with E-state index in [9.17, 15) is 4.79 Å².